The van der Waals surface area contributed by atoms with E-state index in [1.54, 1.807) is 0 Å². The predicted molar refractivity (Wildman–Crippen MR) is 188 cm³/mol. The molecule has 0 aliphatic rings. The number of aliphatic hydroxyl groups is 2. The first-order chi connectivity index (χ1) is 21.9. The Kier molecular flexibility index (Phi) is 31.6. The molecule has 260 valence electrons. The van der Waals surface area contributed by atoms with Crippen LogP contribution in [0.2, 0.25) is 0 Å². The van der Waals surface area contributed by atoms with E-state index in [0.29, 0.717) is 12.8 Å². The number of hydrogen-bond donors (Lipinski definition) is 2. The highest BCUT2D eigenvalue weighted by Crippen LogP contribution is 2.14. The standard InChI is InChI=1S/C39H68O6/c1-4-28-36(41)30-25-21-17-13-8-6-5-7-9-15-19-23-27-32-39(43)45-37(33-40)34-44-38(42)31-26-22-18-14-11-10-12-16-20-24-29-35(2)3/h5,7-8,13,15,19,21,25,35-37,40-41H,4,6,9-12,14,16-18,20,22-24,26-34H2,1-3H3/b7-5-,13-8-,19-15-,25-21-/t36?,37-/m0/s1. The lowest BCUT2D eigenvalue weighted by molar-refractivity contribution is -0.161. The van der Waals surface area contributed by atoms with Crippen LogP contribution < -0.4 is 0 Å². The first-order valence-electron chi connectivity index (χ1n) is 18.1. The number of allylic oxidation sites excluding steroid dienone is 7. The summed E-state index contributed by atoms with van der Waals surface area (Å²) >= 11 is 0. The van der Waals surface area contributed by atoms with Crippen LogP contribution in [0.15, 0.2) is 48.6 Å². The second-order valence-corrected chi connectivity index (χ2v) is 12.6. The van der Waals surface area contributed by atoms with E-state index < -0.39 is 6.10 Å². The van der Waals surface area contributed by atoms with Gasteiger partial charge in [0, 0.05) is 12.8 Å². The summed E-state index contributed by atoms with van der Waals surface area (Å²) in [7, 11) is 0. The lowest BCUT2D eigenvalue weighted by atomic mass is 10.0. The van der Waals surface area contributed by atoms with E-state index in [4.69, 9.17) is 9.47 Å². The monoisotopic (exact) mass is 633 g/mol. The van der Waals surface area contributed by atoms with Gasteiger partial charge in [0.1, 0.15) is 6.61 Å². The zero-order valence-electron chi connectivity index (χ0n) is 29.1. The van der Waals surface area contributed by atoms with Gasteiger partial charge in [-0.25, -0.2) is 0 Å². The van der Waals surface area contributed by atoms with Crippen LogP contribution in [0.4, 0.5) is 0 Å². The third kappa shape index (κ3) is 33.0. The Morgan fingerprint density at radius 1 is 0.644 bits per heavy atom. The first kappa shape index (κ1) is 42.8. The average Bonchev–Trinajstić information content (AvgIpc) is 3.01. The molecule has 6 nitrogen and oxygen atoms in total. The van der Waals surface area contributed by atoms with E-state index in [-0.39, 0.29) is 37.7 Å². The maximum absolute atomic E-state index is 12.1. The van der Waals surface area contributed by atoms with Crippen molar-refractivity contribution in [2.75, 3.05) is 13.2 Å². The molecular formula is C39H68O6. The number of rotatable bonds is 31. The molecule has 6 heteroatoms. The summed E-state index contributed by atoms with van der Waals surface area (Å²) in [5.41, 5.74) is 0. The van der Waals surface area contributed by atoms with Gasteiger partial charge in [-0.1, -0.05) is 140 Å². The Labute approximate surface area is 276 Å². The first-order valence-corrected chi connectivity index (χ1v) is 18.1. The van der Waals surface area contributed by atoms with Gasteiger partial charge in [-0.05, 0) is 57.3 Å². The number of esters is 2. The molecule has 2 atom stereocenters. The molecule has 0 aromatic rings. The highest BCUT2D eigenvalue weighted by atomic mass is 16.6. The van der Waals surface area contributed by atoms with Crippen molar-refractivity contribution in [2.24, 2.45) is 5.92 Å². The largest absolute Gasteiger partial charge is 0.462 e. The molecule has 0 radical (unpaired) electrons. The van der Waals surface area contributed by atoms with Crippen LogP contribution in [0.5, 0.6) is 0 Å². The minimum absolute atomic E-state index is 0.0977. The fourth-order valence-corrected chi connectivity index (χ4v) is 4.86. The molecule has 0 saturated carbocycles. The average molecular weight is 633 g/mol. The molecule has 0 saturated heterocycles. The lowest BCUT2D eigenvalue weighted by Gasteiger charge is -2.15. The molecule has 0 aromatic carbocycles. The molecule has 45 heavy (non-hydrogen) atoms. The van der Waals surface area contributed by atoms with Crippen LogP contribution in [0.25, 0.3) is 0 Å². The summed E-state index contributed by atoms with van der Waals surface area (Å²) in [6.45, 7) is 6.20. The molecule has 0 amide bonds. The van der Waals surface area contributed by atoms with E-state index in [0.717, 1.165) is 70.1 Å². The number of carbonyl (C=O) groups is 2. The molecule has 0 aliphatic heterocycles. The van der Waals surface area contributed by atoms with Gasteiger partial charge in [-0.15, -0.1) is 0 Å². The Bertz CT molecular complexity index is 797. The molecule has 0 spiro atoms. The van der Waals surface area contributed by atoms with Crippen molar-refractivity contribution in [2.45, 2.75) is 168 Å². The van der Waals surface area contributed by atoms with Gasteiger partial charge >= 0.3 is 11.9 Å². The van der Waals surface area contributed by atoms with E-state index in [9.17, 15) is 19.8 Å². The van der Waals surface area contributed by atoms with Crippen LogP contribution in [-0.4, -0.2) is 47.6 Å². The number of carbonyl (C=O) groups excluding carboxylic acids is 2. The van der Waals surface area contributed by atoms with E-state index in [1.807, 2.05) is 0 Å². The molecular weight excluding hydrogens is 564 g/mol. The third-order valence-corrected chi connectivity index (χ3v) is 7.61. The summed E-state index contributed by atoms with van der Waals surface area (Å²) in [6.07, 6.45) is 36.6. The molecule has 0 fully saturated rings. The second kappa shape index (κ2) is 33.2. The lowest BCUT2D eigenvalue weighted by Crippen LogP contribution is -2.28. The number of unbranched alkanes of at least 4 members (excludes halogenated alkanes) is 10. The molecule has 2 N–H and O–H groups in total. The predicted octanol–water partition coefficient (Wildman–Crippen LogP) is 9.89. The van der Waals surface area contributed by atoms with E-state index in [2.05, 4.69) is 69.4 Å². The summed E-state index contributed by atoms with van der Waals surface area (Å²) in [6, 6.07) is 0. The zero-order valence-corrected chi connectivity index (χ0v) is 29.1. The van der Waals surface area contributed by atoms with Crippen molar-refractivity contribution in [3.8, 4) is 0 Å². The van der Waals surface area contributed by atoms with Crippen LogP contribution in [0, 0.1) is 5.92 Å². The number of ether oxygens (including phenoxy) is 2. The van der Waals surface area contributed by atoms with Crippen molar-refractivity contribution in [3.05, 3.63) is 48.6 Å². The second-order valence-electron chi connectivity index (χ2n) is 12.6. The van der Waals surface area contributed by atoms with Gasteiger partial charge < -0.3 is 19.7 Å². The minimum atomic E-state index is -0.809. The molecule has 0 bridgehead atoms. The van der Waals surface area contributed by atoms with Crippen LogP contribution >= 0.6 is 0 Å². The smallest absolute Gasteiger partial charge is 0.306 e. The van der Waals surface area contributed by atoms with Gasteiger partial charge in [-0.3, -0.25) is 9.59 Å². The molecule has 0 rings (SSSR count). The van der Waals surface area contributed by atoms with Gasteiger partial charge in [0.15, 0.2) is 6.10 Å². The van der Waals surface area contributed by atoms with Crippen molar-refractivity contribution in [1.82, 2.24) is 0 Å². The molecule has 0 heterocycles. The Morgan fingerprint density at radius 2 is 1.16 bits per heavy atom. The number of aliphatic hydroxyl groups excluding tert-OH is 2. The van der Waals surface area contributed by atoms with Crippen molar-refractivity contribution in [3.63, 3.8) is 0 Å². The summed E-state index contributed by atoms with van der Waals surface area (Å²) in [4.78, 5) is 24.1. The summed E-state index contributed by atoms with van der Waals surface area (Å²) in [5, 5.41) is 19.2. The maximum Gasteiger partial charge on any atom is 0.306 e. The maximum atomic E-state index is 12.1. The Balaban J connectivity index is 3.72. The Morgan fingerprint density at radius 3 is 1.71 bits per heavy atom. The van der Waals surface area contributed by atoms with Crippen LogP contribution in [0.3, 0.4) is 0 Å². The summed E-state index contributed by atoms with van der Waals surface area (Å²) < 4.78 is 10.5. The third-order valence-electron chi connectivity index (χ3n) is 7.61. The number of hydrogen-bond acceptors (Lipinski definition) is 6. The minimum Gasteiger partial charge on any atom is -0.462 e. The molecule has 0 aromatic heterocycles. The van der Waals surface area contributed by atoms with Crippen LogP contribution in [0.1, 0.15) is 156 Å². The summed E-state index contributed by atoms with van der Waals surface area (Å²) in [5.74, 6) is 0.139. The van der Waals surface area contributed by atoms with Gasteiger partial charge in [-0.2, -0.15) is 0 Å². The highest BCUT2D eigenvalue weighted by molar-refractivity contribution is 5.70. The highest BCUT2D eigenvalue weighted by Gasteiger charge is 2.16. The van der Waals surface area contributed by atoms with E-state index in [1.165, 1.54) is 51.4 Å². The van der Waals surface area contributed by atoms with Gasteiger partial charge in [0.2, 0.25) is 0 Å². The fraction of sp³-hybridized carbons (Fsp3) is 0.744. The fourth-order valence-electron chi connectivity index (χ4n) is 4.86. The van der Waals surface area contributed by atoms with Crippen molar-refractivity contribution in [1.29, 1.82) is 0 Å². The molecule has 1 unspecified atom stereocenters. The van der Waals surface area contributed by atoms with E-state index >= 15 is 0 Å². The molecule has 0 aliphatic carbocycles. The quantitative estimate of drug-likeness (QED) is 0.0449. The van der Waals surface area contributed by atoms with Crippen LogP contribution in [-0.2, 0) is 19.1 Å². The zero-order chi connectivity index (χ0) is 33.2. The normalized spacial score (nSPS) is 13.6. The SMILES string of the molecule is CCCC(O)C/C=C\C/C=C\C/C=C\C/C=C\CCCC(=O)O[C@@H](CO)COC(=O)CCCCCCCCCCCCC(C)C. The Hall–Kier alpha value is -2.18. The van der Waals surface area contributed by atoms with Gasteiger partial charge in [0.25, 0.3) is 0 Å². The van der Waals surface area contributed by atoms with Gasteiger partial charge in [0.05, 0.1) is 12.7 Å². The topological polar surface area (TPSA) is 93.1 Å². The van der Waals surface area contributed by atoms with Crippen molar-refractivity contribution < 1.29 is 29.3 Å². The van der Waals surface area contributed by atoms with Crippen molar-refractivity contribution >= 4 is 11.9 Å².